The van der Waals surface area contributed by atoms with Gasteiger partial charge in [-0.15, -0.1) is 0 Å². The molecule has 0 spiro atoms. The summed E-state index contributed by atoms with van der Waals surface area (Å²) >= 11 is 0. The largest absolute Gasteiger partial charge is 0.353 e. The van der Waals surface area contributed by atoms with Crippen LogP contribution < -0.4 is 4.90 Å². The van der Waals surface area contributed by atoms with Crippen LogP contribution in [0.1, 0.15) is 12.5 Å². The molecule has 0 amide bonds. The van der Waals surface area contributed by atoms with Gasteiger partial charge in [0.15, 0.2) is 5.82 Å². The molecule has 3 aromatic rings. The number of anilines is 1. The van der Waals surface area contributed by atoms with E-state index in [1.54, 1.807) is 0 Å². The highest BCUT2D eigenvalue weighted by atomic mass is 15.3. The molecule has 0 aliphatic carbocycles. The zero-order valence-corrected chi connectivity index (χ0v) is 14.9. The average molecular weight is 332 g/mol. The molecular formula is C21H24N4. The molecule has 1 aromatic heterocycles. The third-order valence-corrected chi connectivity index (χ3v) is 5.01. The molecule has 128 valence electrons. The molecule has 0 atom stereocenters. The lowest BCUT2D eigenvalue weighted by atomic mass is 10.1. The average Bonchev–Trinajstić information content (AvgIpc) is 2.68. The fourth-order valence-corrected chi connectivity index (χ4v) is 3.41. The number of likely N-dealkylation sites (N-methyl/N-ethyl adjacent to an activating group) is 1. The molecule has 0 bridgehead atoms. The third kappa shape index (κ3) is 3.22. The number of fused-ring (bicyclic) bond motifs is 1. The maximum atomic E-state index is 4.97. The first-order valence-electron chi connectivity index (χ1n) is 9.05. The normalized spacial score (nSPS) is 15.7. The second-order valence-electron chi connectivity index (χ2n) is 6.68. The van der Waals surface area contributed by atoms with Crippen LogP contribution in [0.15, 0.2) is 48.5 Å². The van der Waals surface area contributed by atoms with Crippen molar-refractivity contribution in [2.45, 2.75) is 13.8 Å². The van der Waals surface area contributed by atoms with Crippen molar-refractivity contribution in [2.24, 2.45) is 0 Å². The van der Waals surface area contributed by atoms with E-state index in [-0.39, 0.29) is 0 Å². The van der Waals surface area contributed by atoms with Crippen molar-refractivity contribution in [1.29, 1.82) is 0 Å². The smallest absolute Gasteiger partial charge is 0.162 e. The summed E-state index contributed by atoms with van der Waals surface area (Å²) in [5.41, 5.74) is 3.34. The van der Waals surface area contributed by atoms with Gasteiger partial charge in [-0.1, -0.05) is 48.9 Å². The van der Waals surface area contributed by atoms with Gasteiger partial charge in [-0.2, -0.15) is 0 Å². The van der Waals surface area contributed by atoms with E-state index in [2.05, 4.69) is 66.1 Å². The van der Waals surface area contributed by atoms with Gasteiger partial charge in [0.25, 0.3) is 0 Å². The number of benzene rings is 2. The summed E-state index contributed by atoms with van der Waals surface area (Å²) in [5, 5.41) is 1.14. The lowest BCUT2D eigenvalue weighted by molar-refractivity contribution is 0.271. The predicted molar refractivity (Wildman–Crippen MR) is 104 cm³/mol. The highest BCUT2D eigenvalue weighted by molar-refractivity contribution is 5.91. The Bertz CT molecular complexity index is 865. The van der Waals surface area contributed by atoms with Crippen LogP contribution >= 0.6 is 0 Å². The van der Waals surface area contributed by atoms with E-state index in [9.17, 15) is 0 Å². The van der Waals surface area contributed by atoms with Gasteiger partial charge in [-0.05, 0) is 25.6 Å². The number of nitrogens with zero attached hydrogens (tertiary/aromatic N) is 4. The Labute approximate surface area is 149 Å². The van der Waals surface area contributed by atoms with Gasteiger partial charge in [-0.25, -0.2) is 9.97 Å². The quantitative estimate of drug-likeness (QED) is 0.731. The number of rotatable bonds is 3. The van der Waals surface area contributed by atoms with Crippen molar-refractivity contribution in [3.05, 3.63) is 54.1 Å². The maximum absolute atomic E-state index is 4.97. The Morgan fingerprint density at radius 3 is 2.32 bits per heavy atom. The molecule has 1 aliphatic rings. The molecule has 1 fully saturated rings. The van der Waals surface area contributed by atoms with E-state index in [4.69, 9.17) is 9.97 Å². The van der Waals surface area contributed by atoms with Crippen LogP contribution in [0.4, 0.5) is 5.82 Å². The lowest BCUT2D eigenvalue weighted by Gasteiger charge is -2.35. The summed E-state index contributed by atoms with van der Waals surface area (Å²) in [6.07, 6.45) is 0. The lowest BCUT2D eigenvalue weighted by Crippen LogP contribution is -2.46. The van der Waals surface area contributed by atoms with E-state index < -0.39 is 0 Å². The van der Waals surface area contributed by atoms with Gasteiger partial charge in [0.05, 0.1) is 5.52 Å². The second kappa shape index (κ2) is 6.81. The topological polar surface area (TPSA) is 32.3 Å². The molecule has 4 heteroatoms. The van der Waals surface area contributed by atoms with E-state index in [1.807, 2.05) is 6.07 Å². The molecule has 0 N–H and O–H groups in total. The highest BCUT2D eigenvalue weighted by Crippen LogP contribution is 2.28. The van der Waals surface area contributed by atoms with Crippen LogP contribution in [0.5, 0.6) is 0 Å². The van der Waals surface area contributed by atoms with Crippen molar-refractivity contribution >= 4 is 16.7 Å². The number of piperazine rings is 1. The molecule has 2 heterocycles. The number of aromatic nitrogens is 2. The van der Waals surface area contributed by atoms with E-state index in [0.717, 1.165) is 60.8 Å². The Morgan fingerprint density at radius 2 is 1.60 bits per heavy atom. The molecule has 0 radical (unpaired) electrons. The van der Waals surface area contributed by atoms with Crippen molar-refractivity contribution < 1.29 is 0 Å². The predicted octanol–water partition coefficient (Wildman–Crippen LogP) is 3.75. The molecular weight excluding hydrogens is 308 g/mol. The van der Waals surface area contributed by atoms with Gasteiger partial charge in [0, 0.05) is 37.1 Å². The summed E-state index contributed by atoms with van der Waals surface area (Å²) in [7, 11) is 0. The SMILES string of the molecule is CCN1CCN(c2nc(-c3ccc(C)cc3)nc3ccccc23)CC1. The fourth-order valence-electron chi connectivity index (χ4n) is 3.41. The third-order valence-electron chi connectivity index (χ3n) is 5.01. The molecule has 2 aromatic carbocycles. The van der Waals surface area contributed by atoms with Crippen molar-refractivity contribution in [2.75, 3.05) is 37.6 Å². The minimum Gasteiger partial charge on any atom is -0.353 e. The standard InChI is InChI=1S/C21H24N4/c1-3-24-12-14-25(15-13-24)21-18-6-4-5-7-19(18)22-20(23-21)17-10-8-16(2)9-11-17/h4-11H,3,12-15H2,1-2H3. The van der Waals surface area contributed by atoms with Crippen molar-refractivity contribution in [1.82, 2.24) is 14.9 Å². The molecule has 0 saturated carbocycles. The number of hydrogen-bond acceptors (Lipinski definition) is 4. The molecule has 0 unspecified atom stereocenters. The molecule has 4 rings (SSSR count). The van der Waals surface area contributed by atoms with Crippen LogP contribution in [-0.2, 0) is 0 Å². The number of aryl methyl sites for hydroxylation is 1. The first-order chi connectivity index (χ1) is 12.2. The number of hydrogen-bond donors (Lipinski definition) is 0. The summed E-state index contributed by atoms with van der Waals surface area (Å²) < 4.78 is 0. The Hall–Kier alpha value is -2.46. The first kappa shape index (κ1) is 16.0. The minimum absolute atomic E-state index is 0.812. The summed E-state index contributed by atoms with van der Waals surface area (Å²) in [6.45, 7) is 9.66. The molecule has 1 saturated heterocycles. The van der Waals surface area contributed by atoms with Crippen LogP contribution in [0.25, 0.3) is 22.3 Å². The monoisotopic (exact) mass is 332 g/mol. The summed E-state index contributed by atoms with van der Waals surface area (Å²) in [4.78, 5) is 14.7. The zero-order chi connectivity index (χ0) is 17.2. The van der Waals surface area contributed by atoms with Gasteiger partial charge < -0.3 is 9.80 Å². The van der Waals surface area contributed by atoms with Gasteiger partial charge in [-0.3, -0.25) is 0 Å². The number of para-hydroxylation sites is 1. The summed E-state index contributed by atoms with van der Waals surface area (Å²) in [6, 6.07) is 16.8. The van der Waals surface area contributed by atoms with Gasteiger partial charge in [0.1, 0.15) is 5.82 Å². The van der Waals surface area contributed by atoms with Crippen LogP contribution in [-0.4, -0.2) is 47.6 Å². The summed E-state index contributed by atoms with van der Waals surface area (Å²) in [5.74, 6) is 1.88. The highest BCUT2D eigenvalue weighted by Gasteiger charge is 2.20. The van der Waals surface area contributed by atoms with Crippen molar-refractivity contribution in [3.63, 3.8) is 0 Å². The Morgan fingerprint density at radius 1 is 0.880 bits per heavy atom. The van der Waals surface area contributed by atoms with E-state index in [1.165, 1.54) is 5.56 Å². The first-order valence-corrected chi connectivity index (χ1v) is 9.05. The van der Waals surface area contributed by atoms with Crippen molar-refractivity contribution in [3.8, 4) is 11.4 Å². The molecule has 4 nitrogen and oxygen atoms in total. The van der Waals surface area contributed by atoms with Gasteiger partial charge in [0.2, 0.25) is 0 Å². The van der Waals surface area contributed by atoms with E-state index in [0.29, 0.717) is 0 Å². The van der Waals surface area contributed by atoms with Crippen LogP contribution in [0.2, 0.25) is 0 Å². The van der Waals surface area contributed by atoms with Crippen LogP contribution in [0.3, 0.4) is 0 Å². The maximum Gasteiger partial charge on any atom is 0.162 e. The minimum atomic E-state index is 0.812. The van der Waals surface area contributed by atoms with Gasteiger partial charge >= 0.3 is 0 Å². The Balaban J connectivity index is 1.78. The Kier molecular flexibility index (Phi) is 4.36. The molecule has 25 heavy (non-hydrogen) atoms. The zero-order valence-electron chi connectivity index (χ0n) is 14.9. The molecule has 1 aliphatic heterocycles. The second-order valence-corrected chi connectivity index (χ2v) is 6.68. The van der Waals surface area contributed by atoms with E-state index >= 15 is 0 Å². The van der Waals surface area contributed by atoms with Crippen LogP contribution in [0, 0.1) is 6.92 Å². The fraction of sp³-hybridized carbons (Fsp3) is 0.333.